The summed E-state index contributed by atoms with van der Waals surface area (Å²) in [7, 11) is 0. The van der Waals surface area contributed by atoms with Crippen LogP contribution in [0.1, 0.15) is 239 Å². The zero-order chi connectivity index (χ0) is 45.8. The summed E-state index contributed by atoms with van der Waals surface area (Å²) in [6.45, 7) is 6.35. The summed E-state index contributed by atoms with van der Waals surface area (Å²) in [6, 6.07) is 0. The van der Waals surface area contributed by atoms with Crippen LogP contribution in [0.4, 0.5) is 0 Å². The SMILES string of the molecule is CC/C=C\C/C=C\C/C=C\CCCCCC(=O)OCC(COC(=O)CCCCCCCCCCC/C=C\CCCCCCCC)OC(=O)CCCCC/C=C\C/C=C\C/C=C\CC. The van der Waals surface area contributed by atoms with Crippen molar-refractivity contribution in [1.29, 1.82) is 0 Å². The lowest BCUT2D eigenvalue weighted by molar-refractivity contribution is -0.167. The lowest BCUT2D eigenvalue weighted by Gasteiger charge is -2.18. The predicted octanol–water partition coefficient (Wildman–Crippen LogP) is 17.2. The molecule has 6 nitrogen and oxygen atoms in total. The lowest BCUT2D eigenvalue weighted by Crippen LogP contribution is -2.30. The highest BCUT2D eigenvalue weighted by Gasteiger charge is 2.19. The van der Waals surface area contributed by atoms with Crippen LogP contribution in [0.2, 0.25) is 0 Å². The Hall–Kier alpha value is -3.41. The minimum atomic E-state index is -0.804. The fourth-order valence-corrected chi connectivity index (χ4v) is 6.99. The molecule has 0 spiro atoms. The molecule has 0 rings (SSSR count). The number of hydrogen-bond donors (Lipinski definition) is 0. The normalized spacial score (nSPS) is 12.7. The average Bonchev–Trinajstić information content (AvgIpc) is 3.28. The summed E-state index contributed by atoms with van der Waals surface area (Å²) >= 11 is 0. The van der Waals surface area contributed by atoms with Crippen molar-refractivity contribution in [3.63, 3.8) is 0 Å². The quantitative estimate of drug-likeness (QED) is 0.0262. The molecule has 0 N–H and O–H groups in total. The van der Waals surface area contributed by atoms with E-state index in [2.05, 4.69) is 106 Å². The second kappa shape index (κ2) is 51.2. The molecule has 0 aliphatic heterocycles. The van der Waals surface area contributed by atoms with E-state index < -0.39 is 6.10 Å². The van der Waals surface area contributed by atoms with Gasteiger partial charge in [-0.15, -0.1) is 0 Å². The summed E-state index contributed by atoms with van der Waals surface area (Å²) in [5, 5.41) is 0. The number of rotatable bonds is 46. The van der Waals surface area contributed by atoms with Gasteiger partial charge in [0.15, 0.2) is 6.10 Å². The first-order valence-corrected chi connectivity index (χ1v) is 26.1. The minimum absolute atomic E-state index is 0.0993. The van der Waals surface area contributed by atoms with Crippen LogP contribution in [0.25, 0.3) is 0 Å². The molecule has 0 aliphatic carbocycles. The fourth-order valence-electron chi connectivity index (χ4n) is 6.99. The van der Waals surface area contributed by atoms with Crippen LogP contribution in [0.15, 0.2) is 85.1 Å². The van der Waals surface area contributed by atoms with E-state index in [1.807, 2.05) is 0 Å². The number of carbonyl (C=O) groups is 3. The first kappa shape index (κ1) is 59.6. The number of unbranched alkanes of at least 4 members (excludes halogenated alkanes) is 21. The van der Waals surface area contributed by atoms with Gasteiger partial charge in [-0.3, -0.25) is 14.4 Å². The zero-order valence-corrected chi connectivity index (χ0v) is 41.1. The Morgan fingerprint density at radius 3 is 1.00 bits per heavy atom. The molecule has 63 heavy (non-hydrogen) atoms. The van der Waals surface area contributed by atoms with Crippen molar-refractivity contribution in [2.24, 2.45) is 0 Å². The first-order chi connectivity index (χ1) is 31.0. The molecule has 0 bridgehead atoms. The highest BCUT2D eigenvalue weighted by molar-refractivity contribution is 5.71. The third-order valence-electron chi connectivity index (χ3n) is 10.9. The van der Waals surface area contributed by atoms with Crippen LogP contribution in [0.5, 0.6) is 0 Å². The van der Waals surface area contributed by atoms with E-state index in [1.54, 1.807) is 0 Å². The highest BCUT2D eigenvalue weighted by atomic mass is 16.6. The van der Waals surface area contributed by atoms with E-state index in [-0.39, 0.29) is 37.5 Å². The highest BCUT2D eigenvalue weighted by Crippen LogP contribution is 2.14. The van der Waals surface area contributed by atoms with E-state index in [9.17, 15) is 14.4 Å². The Balaban J connectivity index is 4.41. The number of allylic oxidation sites excluding steroid dienone is 14. The van der Waals surface area contributed by atoms with Gasteiger partial charge in [0.05, 0.1) is 0 Å². The standard InChI is InChI=1S/C57H96O6/c1-4-7-10-13-16-19-22-25-26-27-28-29-30-33-35-38-41-44-47-50-56(59)62-53-54(63-57(60)51-48-45-42-39-36-32-24-21-18-15-12-9-6-3)52-61-55(58)49-46-43-40-37-34-31-23-20-17-14-11-8-5-2/h8-9,11-12,17-18,20-21,25-26,31-32,34,36,54H,4-7,10,13-16,19,22-24,27-30,33,35,37-53H2,1-3H3/b11-8-,12-9-,20-17-,21-18-,26-25-,34-31-,36-32-. The molecule has 6 heteroatoms. The summed E-state index contributed by atoms with van der Waals surface area (Å²) in [5.41, 5.74) is 0. The van der Waals surface area contributed by atoms with Gasteiger partial charge in [0.25, 0.3) is 0 Å². The maximum absolute atomic E-state index is 12.8. The molecule has 0 aliphatic rings. The van der Waals surface area contributed by atoms with E-state index in [4.69, 9.17) is 14.2 Å². The zero-order valence-electron chi connectivity index (χ0n) is 41.1. The Kier molecular flexibility index (Phi) is 48.5. The van der Waals surface area contributed by atoms with Crippen LogP contribution < -0.4 is 0 Å². The van der Waals surface area contributed by atoms with Gasteiger partial charge >= 0.3 is 17.9 Å². The molecule has 0 aromatic rings. The average molecular weight is 877 g/mol. The van der Waals surface area contributed by atoms with Gasteiger partial charge in [-0.05, 0) is 109 Å². The summed E-state index contributed by atoms with van der Waals surface area (Å²) < 4.78 is 16.7. The first-order valence-electron chi connectivity index (χ1n) is 26.1. The Morgan fingerprint density at radius 2 is 0.619 bits per heavy atom. The van der Waals surface area contributed by atoms with Crippen LogP contribution in [-0.4, -0.2) is 37.2 Å². The van der Waals surface area contributed by atoms with Crippen LogP contribution in [0.3, 0.4) is 0 Å². The molecule has 0 amide bonds. The Morgan fingerprint density at radius 1 is 0.333 bits per heavy atom. The third-order valence-corrected chi connectivity index (χ3v) is 10.9. The van der Waals surface area contributed by atoms with Crippen molar-refractivity contribution in [3.8, 4) is 0 Å². The Bertz CT molecular complexity index is 1240. The molecule has 0 aromatic heterocycles. The fraction of sp³-hybridized carbons (Fsp3) is 0.702. The molecule has 0 saturated heterocycles. The lowest BCUT2D eigenvalue weighted by atomic mass is 10.1. The number of esters is 3. The maximum atomic E-state index is 12.8. The molecule has 0 heterocycles. The van der Waals surface area contributed by atoms with Crippen molar-refractivity contribution in [3.05, 3.63) is 85.1 Å². The van der Waals surface area contributed by atoms with E-state index in [0.29, 0.717) is 12.8 Å². The van der Waals surface area contributed by atoms with Crippen molar-refractivity contribution in [1.82, 2.24) is 0 Å². The number of ether oxygens (including phenoxy) is 3. The van der Waals surface area contributed by atoms with Crippen molar-refractivity contribution >= 4 is 17.9 Å². The molecule has 0 fully saturated rings. The van der Waals surface area contributed by atoms with Gasteiger partial charge in [0.2, 0.25) is 0 Å². The minimum Gasteiger partial charge on any atom is -0.462 e. The van der Waals surface area contributed by atoms with Gasteiger partial charge in [0.1, 0.15) is 13.2 Å². The summed E-state index contributed by atoms with van der Waals surface area (Å²) in [4.78, 5) is 38.0. The van der Waals surface area contributed by atoms with Crippen LogP contribution in [-0.2, 0) is 28.6 Å². The number of carbonyl (C=O) groups excluding carboxylic acids is 3. The van der Waals surface area contributed by atoms with E-state index >= 15 is 0 Å². The van der Waals surface area contributed by atoms with Crippen LogP contribution >= 0.6 is 0 Å². The van der Waals surface area contributed by atoms with Crippen molar-refractivity contribution < 1.29 is 28.6 Å². The molecular weight excluding hydrogens is 781 g/mol. The summed E-state index contributed by atoms with van der Waals surface area (Å²) in [5.74, 6) is -0.963. The smallest absolute Gasteiger partial charge is 0.306 e. The molecule has 1 atom stereocenters. The predicted molar refractivity (Wildman–Crippen MR) is 270 cm³/mol. The Labute approximate surface area is 388 Å². The van der Waals surface area contributed by atoms with Crippen molar-refractivity contribution in [2.75, 3.05) is 13.2 Å². The molecule has 0 aromatic carbocycles. The monoisotopic (exact) mass is 877 g/mol. The molecule has 0 saturated carbocycles. The van der Waals surface area contributed by atoms with Gasteiger partial charge in [-0.25, -0.2) is 0 Å². The van der Waals surface area contributed by atoms with Crippen molar-refractivity contribution in [2.45, 2.75) is 245 Å². The second-order valence-electron chi connectivity index (χ2n) is 17.0. The second-order valence-corrected chi connectivity index (χ2v) is 17.0. The topological polar surface area (TPSA) is 78.9 Å². The summed E-state index contributed by atoms with van der Waals surface area (Å²) in [6.07, 6.45) is 65.8. The van der Waals surface area contributed by atoms with Crippen LogP contribution in [0, 0.1) is 0 Å². The van der Waals surface area contributed by atoms with Gasteiger partial charge < -0.3 is 14.2 Å². The van der Waals surface area contributed by atoms with E-state index in [0.717, 1.165) is 109 Å². The van der Waals surface area contributed by atoms with Gasteiger partial charge in [-0.2, -0.15) is 0 Å². The van der Waals surface area contributed by atoms with Gasteiger partial charge in [-0.1, -0.05) is 196 Å². The third kappa shape index (κ3) is 49.5. The van der Waals surface area contributed by atoms with Gasteiger partial charge in [0, 0.05) is 19.3 Å². The number of hydrogen-bond acceptors (Lipinski definition) is 6. The molecule has 0 radical (unpaired) electrons. The molecule has 360 valence electrons. The maximum Gasteiger partial charge on any atom is 0.306 e. The van der Waals surface area contributed by atoms with E-state index in [1.165, 1.54) is 89.9 Å². The largest absolute Gasteiger partial charge is 0.462 e. The molecule has 1 unspecified atom stereocenters. The molecular formula is C57H96O6.